The third-order valence-corrected chi connectivity index (χ3v) is 7.05. The molecule has 6 nitrogen and oxygen atoms in total. The third kappa shape index (κ3) is 4.97. The molecule has 1 aliphatic carbocycles. The van der Waals surface area contributed by atoms with Gasteiger partial charge in [-0.15, -0.1) is 0 Å². The lowest BCUT2D eigenvalue weighted by molar-refractivity contribution is -0.141. The topological polar surface area (TPSA) is 57.2 Å². The van der Waals surface area contributed by atoms with Crippen molar-refractivity contribution < 1.29 is 36.9 Å². The Balaban J connectivity index is 1.37. The molecule has 2 aromatic carbocycles. The molecular weight excluding hydrogens is 463 g/mol. The van der Waals surface area contributed by atoms with Crippen LogP contribution < -0.4 is 9.47 Å². The molecule has 0 spiro atoms. The van der Waals surface area contributed by atoms with E-state index in [-0.39, 0.29) is 31.0 Å². The Morgan fingerprint density at radius 2 is 1.91 bits per heavy atom. The fraction of sp³-hybridized carbons (Fsp3) is 0.500. The lowest BCUT2D eigenvalue weighted by Gasteiger charge is -2.29. The lowest BCUT2D eigenvalue weighted by atomic mass is 9.96. The van der Waals surface area contributed by atoms with Crippen LogP contribution in [-0.2, 0) is 33.4 Å². The number of alkyl halides is 3. The number of hydrogen-bond donors (Lipinski definition) is 0. The smallest absolute Gasteiger partial charge is 0.416 e. The number of nitrogens with zero attached hydrogens (tertiary/aromatic N) is 1. The highest BCUT2D eigenvalue weighted by Crippen LogP contribution is 2.44. The van der Waals surface area contributed by atoms with E-state index >= 15 is 0 Å². The molecule has 2 atom stereocenters. The van der Waals surface area contributed by atoms with Crippen LogP contribution in [0.15, 0.2) is 30.3 Å². The number of ether oxygens (including phenoxy) is 4. The van der Waals surface area contributed by atoms with Crippen molar-refractivity contribution in [2.45, 2.75) is 44.0 Å². The fourth-order valence-electron chi connectivity index (χ4n) is 5.24. The van der Waals surface area contributed by atoms with Crippen LogP contribution in [0.5, 0.6) is 11.5 Å². The molecule has 188 valence electrons. The summed E-state index contributed by atoms with van der Waals surface area (Å²) in [5.74, 6) is 0.896. The number of halogens is 3. The van der Waals surface area contributed by atoms with Gasteiger partial charge >= 0.3 is 12.1 Å². The standard InChI is InChI=1S/C26H28F3NO5/c1-32-25(31)12-16-15-34-24-13-17(2-3-18(16)24)35-23-7-5-19-20(23)4-6-22(26(27,28)29)21(19)14-30-8-10-33-11-9-30/h2-4,6,13,16,23H,5,7-12,14-15H2,1H3/t16?,23-/m1/s1. The quantitative estimate of drug-likeness (QED) is 0.549. The predicted molar refractivity (Wildman–Crippen MR) is 121 cm³/mol. The van der Waals surface area contributed by atoms with Crippen LogP contribution in [0.3, 0.4) is 0 Å². The second-order valence-electron chi connectivity index (χ2n) is 9.18. The van der Waals surface area contributed by atoms with Gasteiger partial charge in [0.1, 0.15) is 17.6 Å². The van der Waals surface area contributed by atoms with E-state index in [9.17, 15) is 18.0 Å². The zero-order valence-corrected chi connectivity index (χ0v) is 19.5. The third-order valence-electron chi connectivity index (χ3n) is 7.05. The number of carbonyl (C=O) groups is 1. The van der Waals surface area contributed by atoms with E-state index in [1.165, 1.54) is 13.2 Å². The Bertz CT molecular complexity index is 1100. The molecule has 35 heavy (non-hydrogen) atoms. The molecule has 0 bridgehead atoms. The van der Waals surface area contributed by atoms with Gasteiger partial charge in [0.15, 0.2) is 0 Å². The molecule has 2 aliphatic heterocycles. The molecule has 2 aromatic rings. The molecule has 0 aromatic heterocycles. The number of benzene rings is 2. The first kappa shape index (κ1) is 23.9. The van der Waals surface area contributed by atoms with Crippen LogP contribution in [0.2, 0.25) is 0 Å². The van der Waals surface area contributed by atoms with Gasteiger partial charge in [-0.1, -0.05) is 12.1 Å². The Morgan fingerprint density at radius 3 is 2.66 bits per heavy atom. The lowest BCUT2D eigenvalue weighted by Crippen LogP contribution is -2.36. The molecule has 0 saturated carbocycles. The fourth-order valence-corrected chi connectivity index (χ4v) is 5.24. The second-order valence-corrected chi connectivity index (χ2v) is 9.18. The minimum atomic E-state index is -4.41. The van der Waals surface area contributed by atoms with Crippen LogP contribution in [-0.4, -0.2) is 50.9 Å². The monoisotopic (exact) mass is 491 g/mol. The van der Waals surface area contributed by atoms with E-state index in [4.69, 9.17) is 18.9 Å². The molecule has 1 saturated heterocycles. The Labute approximate surface area is 201 Å². The van der Waals surface area contributed by atoms with E-state index in [1.54, 1.807) is 12.1 Å². The van der Waals surface area contributed by atoms with Gasteiger partial charge in [0.2, 0.25) is 0 Å². The maximum absolute atomic E-state index is 13.9. The summed E-state index contributed by atoms with van der Waals surface area (Å²) in [4.78, 5) is 13.7. The van der Waals surface area contributed by atoms with Crippen molar-refractivity contribution in [3.8, 4) is 11.5 Å². The molecule has 5 rings (SSSR count). The van der Waals surface area contributed by atoms with Gasteiger partial charge in [-0.25, -0.2) is 0 Å². The average Bonchev–Trinajstić information content (AvgIpc) is 3.43. The number of rotatable bonds is 6. The van der Waals surface area contributed by atoms with Gasteiger partial charge in [0.05, 0.1) is 38.9 Å². The van der Waals surface area contributed by atoms with E-state index in [2.05, 4.69) is 0 Å². The van der Waals surface area contributed by atoms with Crippen molar-refractivity contribution in [3.63, 3.8) is 0 Å². The van der Waals surface area contributed by atoms with Crippen LogP contribution in [0, 0.1) is 0 Å². The maximum atomic E-state index is 13.9. The van der Waals surface area contributed by atoms with Gasteiger partial charge < -0.3 is 18.9 Å². The zero-order valence-electron chi connectivity index (χ0n) is 19.5. The van der Waals surface area contributed by atoms with E-state index < -0.39 is 11.7 Å². The van der Waals surface area contributed by atoms with E-state index in [1.807, 2.05) is 17.0 Å². The van der Waals surface area contributed by atoms with Crippen molar-refractivity contribution in [3.05, 3.63) is 58.1 Å². The minimum absolute atomic E-state index is 0.0674. The van der Waals surface area contributed by atoms with Gasteiger partial charge in [0.25, 0.3) is 0 Å². The van der Waals surface area contributed by atoms with Crippen LogP contribution in [0.25, 0.3) is 0 Å². The number of hydrogen-bond acceptors (Lipinski definition) is 6. The maximum Gasteiger partial charge on any atom is 0.416 e. The summed E-state index contributed by atoms with van der Waals surface area (Å²) in [6.45, 7) is 2.94. The van der Waals surface area contributed by atoms with Gasteiger partial charge in [-0.2, -0.15) is 13.2 Å². The van der Waals surface area contributed by atoms with Crippen molar-refractivity contribution in [1.82, 2.24) is 4.90 Å². The molecule has 2 heterocycles. The summed E-state index contributed by atoms with van der Waals surface area (Å²) in [5.41, 5.74) is 2.27. The van der Waals surface area contributed by atoms with Crippen LogP contribution >= 0.6 is 0 Å². The first-order valence-corrected chi connectivity index (χ1v) is 11.9. The molecule has 3 aliphatic rings. The first-order valence-electron chi connectivity index (χ1n) is 11.9. The molecule has 1 fully saturated rings. The van der Waals surface area contributed by atoms with Crippen molar-refractivity contribution in [1.29, 1.82) is 0 Å². The molecular formula is C26H28F3NO5. The average molecular weight is 492 g/mol. The highest BCUT2D eigenvalue weighted by molar-refractivity contribution is 5.71. The molecule has 1 unspecified atom stereocenters. The highest BCUT2D eigenvalue weighted by Gasteiger charge is 2.38. The summed E-state index contributed by atoms with van der Waals surface area (Å²) >= 11 is 0. The number of morpholine rings is 1. The summed E-state index contributed by atoms with van der Waals surface area (Å²) in [6, 6.07) is 8.27. The summed E-state index contributed by atoms with van der Waals surface area (Å²) in [7, 11) is 1.36. The largest absolute Gasteiger partial charge is 0.492 e. The number of fused-ring (bicyclic) bond motifs is 2. The van der Waals surface area contributed by atoms with Crippen molar-refractivity contribution in [2.24, 2.45) is 0 Å². The first-order chi connectivity index (χ1) is 16.8. The van der Waals surface area contributed by atoms with Crippen molar-refractivity contribution in [2.75, 3.05) is 40.0 Å². The molecule has 0 N–H and O–H groups in total. The normalized spacial score (nSPS) is 21.8. The summed E-state index contributed by atoms with van der Waals surface area (Å²) in [6.07, 6.45) is -3.36. The van der Waals surface area contributed by atoms with Crippen molar-refractivity contribution >= 4 is 5.97 Å². The van der Waals surface area contributed by atoms with Gasteiger partial charge in [-0.3, -0.25) is 9.69 Å². The number of esters is 1. The summed E-state index contributed by atoms with van der Waals surface area (Å²) in [5, 5.41) is 0. The Morgan fingerprint density at radius 1 is 1.14 bits per heavy atom. The Hall–Kier alpha value is -2.78. The Kier molecular flexibility index (Phi) is 6.63. The molecule has 0 amide bonds. The van der Waals surface area contributed by atoms with Gasteiger partial charge in [0, 0.05) is 37.2 Å². The molecule has 0 radical (unpaired) electrons. The number of methoxy groups -OCH3 is 1. The van der Waals surface area contributed by atoms with Gasteiger partial charge in [-0.05, 0) is 41.7 Å². The highest BCUT2D eigenvalue weighted by atomic mass is 19.4. The van der Waals surface area contributed by atoms with Crippen LogP contribution in [0.4, 0.5) is 13.2 Å². The summed E-state index contributed by atoms with van der Waals surface area (Å²) < 4.78 is 63.7. The number of carbonyl (C=O) groups excluding carboxylic acids is 1. The van der Waals surface area contributed by atoms with E-state index in [0.717, 1.165) is 16.7 Å². The van der Waals surface area contributed by atoms with Crippen LogP contribution in [0.1, 0.15) is 52.7 Å². The minimum Gasteiger partial charge on any atom is -0.492 e. The zero-order chi connectivity index (χ0) is 24.6. The SMILES string of the molecule is COC(=O)CC1COc2cc(O[C@@H]3CCc4c3ccc(C(F)(F)F)c4CN3CCOCC3)ccc21. The predicted octanol–water partition coefficient (Wildman–Crippen LogP) is 4.64. The molecule has 9 heteroatoms. The second kappa shape index (κ2) is 9.70. The van der Waals surface area contributed by atoms with E-state index in [0.29, 0.717) is 62.8 Å².